The number of hydrogen-bond acceptors (Lipinski definition) is 3. The normalized spacial score (nSPS) is 50.3. The number of allylic oxidation sites excluding steroid dienone is 3. The zero-order chi connectivity index (χ0) is 26.5. The van der Waals surface area contributed by atoms with Crippen LogP contribution in [-0.4, -0.2) is 23.3 Å². The molecule has 36 heavy (non-hydrogen) atoms. The van der Waals surface area contributed by atoms with Gasteiger partial charge in [0.15, 0.2) is 5.78 Å². The fraction of sp³-hybridized carbons (Fsp3) is 0.774. The minimum atomic E-state index is -0.664. The second-order valence-electron chi connectivity index (χ2n) is 14.7. The predicted octanol–water partition coefficient (Wildman–Crippen LogP) is 6.29. The number of amides is 1. The molecule has 8 atom stereocenters. The van der Waals surface area contributed by atoms with Gasteiger partial charge in [-0.3, -0.25) is 14.4 Å². The number of fused-ring (bicyclic) bond motifs is 7. The van der Waals surface area contributed by atoms with Crippen LogP contribution in [0.25, 0.3) is 0 Å². The van der Waals surface area contributed by atoms with Gasteiger partial charge in [-0.25, -0.2) is 0 Å². The number of rotatable bonds is 3. The molecule has 0 aliphatic heterocycles. The van der Waals surface area contributed by atoms with E-state index in [4.69, 9.17) is 0 Å². The van der Waals surface area contributed by atoms with Crippen LogP contribution in [-0.2, 0) is 14.4 Å². The Kier molecular flexibility index (Phi) is 5.41. The molecule has 0 bridgehead atoms. The molecule has 0 aromatic heterocycles. The average molecular weight is 496 g/mol. The van der Waals surface area contributed by atoms with E-state index in [1.807, 2.05) is 6.92 Å². The lowest BCUT2D eigenvalue weighted by molar-refractivity contribution is -0.159. The number of Topliss-reactive ketones (excluding diaryl/α,β-unsaturated/α-hetero) is 1. The molecule has 198 valence electrons. The standard InChI is InChI=1S/C31H45NO4/c1-26(2)22-10-11-30(6)23(31(22,7)21(24(26)34)17-32-18-33)9-8-19-20-16-28(4,25(35)36)13-12-27(20,3)14-15-29(19,30)5/h8,17-18,20,22-23H,9-16H2,1-7H3,(H,32,33)(H,35,36). The quantitative estimate of drug-likeness (QED) is 0.274. The third kappa shape index (κ3) is 2.92. The van der Waals surface area contributed by atoms with E-state index in [1.54, 1.807) is 6.20 Å². The number of aliphatic carboxylic acids is 1. The highest BCUT2D eigenvalue weighted by Gasteiger charge is 2.71. The van der Waals surface area contributed by atoms with Crippen LogP contribution in [0.4, 0.5) is 0 Å². The van der Waals surface area contributed by atoms with Gasteiger partial charge in [-0.15, -0.1) is 0 Å². The second kappa shape index (κ2) is 7.57. The van der Waals surface area contributed by atoms with E-state index in [-0.39, 0.29) is 33.4 Å². The molecule has 8 unspecified atom stereocenters. The fourth-order valence-electron chi connectivity index (χ4n) is 10.4. The van der Waals surface area contributed by atoms with Crippen LogP contribution in [0.2, 0.25) is 0 Å². The van der Waals surface area contributed by atoms with Gasteiger partial charge in [0.25, 0.3) is 0 Å². The van der Waals surface area contributed by atoms with E-state index in [1.165, 1.54) is 5.57 Å². The van der Waals surface area contributed by atoms with Crippen molar-refractivity contribution < 1.29 is 19.5 Å². The first-order chi connectivity index (χ1) is 16.6. The Morgan fingerprint density at radius 2 is 1.67 bits per heavy atom. The van der Waals surface area contributed by atoms with Crippen molar-refractivity contribution in [2.75, 3.05) is 0 Å². The van der Waals surface area contributed by atoms with Crippen molar-refractivity contribution >= 4 is 18.2 Å². The number of nitrogens with one attached hydrogen (secondary N) is 1. The van der Waals surface area contributed by atoms with E-state index < -0.39 is 16.8 Å². The summed E-state index contributed by atoms with van der Waals surface area (Å²) in [6.07, 6.45) is 12.5. The van der Waals surface area contributed by atoms with Crippen molar-refractivity contribution in [1.29, 1.82) is 0 Å². The first-order valence-electron chi connectivity index (χ1n) is 14.0. The predicted molar refractivity (Wildman–Crippen MR) is 140 cm³/mol. The highest BCUT2D eigenvalue weighted by Crippen LogP contribution is 2.76. The van der Waals surface area contributed by atoms with Gasteiger partial charge in [-0.05, 0) is 92.3 Å². The smallest absolute Gasteiger partial charge is 0.309 e. The van der Waals surface area contributed by atoms with Gasteiger partial charge < -0.3 is 10.4 Å². The van der Waals surface area contributed by atoms with Crippen LogP contribution in [0.1, 0.15) is 99.8 Å². The van der Waals surface area contributed by atoms with Crippen molar-refractivity contribution in [2.45, 2.75) is 99.8 Å². The molecule has 0 heterocycles. The minimum absolute atomic E-state index is 0.00169. The lowest BCUT2D eigenvalue weighted by atomic mass is 9.35. The zero-order valence-corrected chi connectivity index (χ0v) is 23.3. The van der Waals surface area contributed by atoms with Gasteiger partial charge in [-0.1, -0.05) is 53.2 Å². The van der Waals surface area contributed by atoms with Crippen LogP contribution in [0.3, 0.4) is 0 Å². The first kappa shape index (κ1) is 25.7. The SMILES string of the molecule is CC1(C(=O)O)CCC2(C)CCC3(C)C(=CCC4C5(C)C(=CNC=O)C(=O)C(C)(C)C5CCC43C)C2C1. The minimum Gasteiger partial charge on any atom is -0.481 e. The zero-order valence-electron chi connectivity index (χ0n) is 23.3. The molecule has 0 spiro atoms. The highest BCUT2D eigenvalue weighted by atomic mass is 16.4. The third-order valence-electron chi connectivity index (χ3n) is 13.0. The van der Waals surface area contributed by atoms with E-state index in [0.29, 0.717) is 18.2 Å². The molecule has 1 amide bonds. The van der Waals surface area contributed by atoms with Crippen molar-refractivity contribution in [3.8, 4) is 0 Å². The maximum Gasteiger partial charge on any atom is 0.309 e. The molecule has 0 aromatic carbocycles. The Bertz CT molecular complexity index is 1090. The second-order valence-corrected chi connectivity index (χ2v) is 14.7. The van der Waals surface area contributed by atoms with Gasteiger partial charge in [0, 0.05) is 22.6 Å². The Labute approximate surface area is 216 Å². The number of carbonyl (C=O) groups is 3. The van der Waals surface area contributed by atoms with Gasteiger partial charge in [0.05, 0.1) is 5.41 Å². The summed E-state index contributed by atoms with van der Waals surface area (Å²) < 4.78 is 0. The van der Waals surface area contributed by atoms with Crippen molar-refractivity contribution in [1.82, 2.24) is 5.32 Å². The topological polar surface area (TPSA) is 83.5 Å². The summed E-state index contributed by atoms with van der Waals surface area (Å²) in [4.78, 5) is 37.2. The Hall–Kier alpha value is -1.91. The summed E-state index contributed by atoms with van der Waals surface area (Å²) >= 11 is 0. The van der Waals surface area contributed by atoms with E-state index >= 15 is 0 Å². The summed E-state index contributed by atoms with van der Waals surface area (Å²) in [6.45, 7) is 15.7. The summed E-state index contributed by atoms with van der Waals surface area (Å²) in [5.41, 5.74) is 1.01. The molecule has 5 nitrogen and oxygen atoms in total. The molecule has 4 fully saturated rings. The molecule has 0 radical (unpaired) electrons. The van der Waals surface area contributed by atoms with Crippen LogP contribution < -0.4 is 5.32 Å². The van der Waals surface area contributed by atoms with E-state index in [0.717, 1.165) is 56.9 Å². The lowest BCUT2D eigenvalue weighted by Crippen LogP contribution is -2.61. The molecule has 5 aliphatic rings. The van der Waals surface area contributed by atoms with Crippen LogP contribution in [0, 0.1) is 50.2 Å². The van der Waals surface area contributed by atoms with Gasteiger partial charge in [0.2, 0.25) is 6.41 Å². The maximum absolute atomic E-state index is 13.7. The Morgan fingerprint density at radius 3 is 2.31 bits per heavy atom. The maximum atomic E-state index is 13.7. The van der Waals surface area contributed by atoms with Crippen LogP contribution in [0.15, 0.2) is 23.4 Å². The lowest BCUT2D eigenvalue weighted by Gasteiger charge is -2.68. The summed E-state index contributed by atoms with van der Waals surface area (Å²) in [5.74, 6) is 0.348. The number of carbonyl (C=O) groups excluding carboxylic acids is 2. The van der Waals surface area contributed by atoms with Crippen LogP contribution >= 0.6 is 0 Å². The van der Waals surface area contributed by atoms with Gasteiger partial charge >= 0.3 is 5.97 Å². The third-order valence-corrected chi connectivity index (χ3v) is 13.0. The molecule has 0 saturated heterocycles. The fourth-order valence-corrected chi connectivity index (χ4v) is 10.4. The molecule has 0 aromatic rings. The summed E-state index contributed by atoms with van der Waals surface area (Å²) in [7, 11) is 0. The van der Waals surface area contributed by atoms with E-state index in [9.17, 15) is 19.5 Å². The number of ketones is 1. The molecule has 4 saturated carbocycles. The Morgan fingerprint density at radius 1 is 1.00 bits per heavy atom. The van der Waals surface area contributed by atoms with E-state index in [2.05, 4.69) is 52.9 Å². The molecule has 5 aliphatic carbocycles. The monoisotopic (exact) mass is 495 g/mol. The van der Waals surface area contributed by atoms with Gasteiger partial charge in [-0.2, -0.15) is 0 Å². The van der Waals surface area contributed by atoms with Crippen molar-refractivity contribution in [3.05, 3.63) is 23.4 Å². The molecule has 5 rings (SSSR count). The molecule has 5 heteroatoms. The molecular formula is C31H45NO4. The average Bonchev–Trinajstić information content (AvgIpc) is 2.95. The summed E-state index contributed by atoms with van der Waals surface area (Å²) in [5, 5.41) is 12.8. The largest absolute Gasteiger partial charge is 0.481 e. The highest BCUT2D eigenvalue weighted by molar-refractivity contribution is 6.04. The molecular weight excluding hydrogens is 450 g/mol. The first-order valence-corrected chi connectivity index (χ1v) is 14.0. The van der Waals surface area contributed by atoms with Crippen molar-refractivity contribution in [3.63, 3.8) is 0 Å². The van der Waals surface area contributed by atoms with Crippen LogP contribution in [0.5, 0.6) is 0 Å². The number of carboxylic acid groups (broad SMARTS) is 1. The number of carboxylic acids is 1. The summed E-state index contributed by atoms with van der Waals surface area (Å²) in [6, 6.07) is 0. The van der Waals surface area contributed by atoms with Gasteiger partial charge in [0.1, 0.15) is 0 Å². The molecule has 2 N–H and O–H groups in total. The number of hydrogen-bond donors (Lipinski definition) is 2. The Balaban J connectivity index is 1.63. The van der Waals surface area contributed by atoms with Crippen molar-refractivity contribution in [2.24, 2.45) is 50.2 Å².